The van der Waals surface area contributed by atoms with E-state index >= 15 is 0 Å². The molecule has 3 rings (SSSR count). The Labute approximate surface area is 83.5 Å². The molecule has 3 aliphatic rings. The van der Waals surface area contributed by atoms with Crippen LogP contribution in [-0.2, 0) is 9.09 Å². The van der Waals surface area contributed by atoms with Gasteiger partial charge in [-0.25, -0.2) is 9.09 Å². The van der Waals surface area contributed by atoms with Crippen LogP contribution in [0.15, 0.2) is 0 Å². The van der Waals surface area contributed by atoms with Gasteiger partial charge in [0.25, 0.3) is 0 Å². The lowest BCUT2D eigenvalue weighted by Gasteiger charge is -2.48. The average molecular weight is 222 g/mol. The van der Waals surface area contributed by atoms with Crippen LogP contribution in [-0.4, -0.2) is 40.6 Å². The maximum Gasteiger partial charge on any atom is 0.474 e. The van der Waals surface area contributed by atoms with Crippen molar-refractivity contribution in [3.63, 3.8) is 0 Å². The van der Waals surface area contributed by atoms with E-state index in [2.05, 4.69) is 4.52 Å². The number of nitrogens with zero attached hydrogens (tertiary/aromatic N) is 1. The molecule has 3 heterocycles. The van der Waals surface area contributed by atoms with Gasteiger partial charge in [0, 0.05) is 0 Å². The second kappa shape index (κ2) is 3.58. The Morgan fingerprint density at radius 2 is 1.71 bits per heavy atom. The SMILES string of the molecule is O=P(O)(O)OC[N+]12CCC(CC1)CC2. The summed E-state index contributed by atoms with van der Waals surface area (Å²) in [6.45, 7) is 3.23. The molecular formula is C8H17NO4P+. The predicted molar refractivity (Wildman–Crippen MR) is 50.2 cm³/mol. The average Bonchev–Trinajstić information content (AvgIpc) is 2.17. The van der Waals surface area contributed by atoms with Crippen LogP contribution >= 0.6 is 7.82 Å². The van der Waals surface area contributed by atoms with Gasteiger partial charge in [0.05, 0.1) is 19.6 Å². The highest BCUT2D eigenvalue weighted by atomic mass is 31.2. The van der Waals surface area contributed by atoms with Crippen molar-refractivity contribution in [3.8, 4) is 0 Å². The highest BCUT2D eigenvalue weighted by molar-refractivity contribution is 7.46. The molecule has 0 aliphatic carbocycles. The third-order valence-electron chi connectivity index (χ3n) is 3.53. The Morgan fingerprint density at radius 3 is 2.14 bits per heavy atom. The summed E-state index contributed by atoms with van der Waals surface area (Å²) in [5.41, 5.74) is 0. The monoisotopic (exact) mass is 222 g/mol. The first kappa shape index (κ1) is 10.6. The van der Waals surface area contributed by atoms with E-state index in [1.807, 2.05) is 0 Å². The second-order valence-corrected chi connectivity index (χ2v) is 5.73. The number of hydrogen-bond acceptors (Lipinski definition) is 2. The van der Waals surface area contributed by atoms with Crippen LogP contribution in [0, 0.1) is 5.92 Å². The Morgan fingerprint density at radius 1 is 1.21 bits per heavy atom. The Kier molecular flexibility index (Phi) is 2.70. The first-order chi connectivity index (χ1) is 6.49. The van der Waals surface area contributed by atoms with Gasteiger partial charge in [0.15, 0.2) is 6.73 Å². The molecule has 0 unspecified atom stereocenters. The fourth-order valence-corrected chi connectivity index (χ4v) is 2.92. The first-order valence-corrected chi connectivity index (χ1v) is 6.57. The molecule has 82 valence electrons. The normalized spacial score (nSPS) is 37.4. The summed E-state index contributed by atoms with van der Waals surface area (Å²) in [5.74, 6) is 0.852. The molecule has 3 fully saturated rings. The molecule has 5 nitrogen and oxygen atoms in total. The molecule has 0 aromatic heterocycles. The first-order valence-electron chi connectivity index (χ1n) is 5.04. The lowest BCUT2D eigenvalue weighted by molar-refractivity contribution is -0.956. The van der Waals surface area contributed by atoms with E-state index in [0.717, 1.165) is 30.0 Å². The fourth-order valence-electron chi connectivity index (χ4n) is 2.53. The number of fused-ring (bicyclic) bond motifs is 3. The third kappa shape index (κ3) is 2.35. The van der Waals surface area contributed by atoms with Crippen LogP contribution < -0.4 is 0 Å². The molecular weight excluding hydrogens is 205 g/mol. The van der Waals surface area contributed by atoms with Gasteiger partial charge in [-0.15, -0.1) is 0 Å². The maximum absolute atomic E-state index is 10.6. The van der Waals surface area contributed by atoms with E-state index in [1.165, 1.54) is 19.3 Å². The molecule has 2 N–H and O–H groups in total. The minimum Gasteiger partial charge on any atom is -0.303 e. The summed E-state index contributed by atoms with van der Waals surface area (Å²) in [6.07, 6.45) is 3.56. The molecule has 0 amide bonds. The maximum atomic E-state index is 10.6. The van der Waals surface area contributed by atoms with Crippen LogP contribution in [0.4, 0.5) is 0 Å². The molecule has 0 radical (unpaired) electrons. The molecule has 0 saturated carbocycles. The van der Waals surface area contributed by atoms with Gasteiger partial charge >= 0.3 is 7.82 Å². The summed E-state index contributed by atoms with van der Waals surface area (Å²) in [7, 11) is -4.29. The minimum absolute atomic E-state index is 0.178. The Bertz CT molecular complexity index is 242. The van der Waals surface area contributed by atoms with Crippen molar-refractivity contribution < 1.29 is 23.4 Å². The van der Waals surface area contributed by atoms with Gasteiger partial charge in [-0.2, -0.15) is 0 Å². The van der Waals surface area contributed by atoms with E-state index in [9.17, 15) is 4.57 Å². The van der Waals surface area contributed by atoms with E-state index in [-0.39, 0.29) is 6.73 Å². The molecule has 0 aromatic rings. The zero-order valence-corrected chi connectivity index (χ0v) is 9.03. The van der Waals surface area contributed by atoms with Gasteiger partial charge in [-0.3, -0.25) is 0 Å². The topological polar surface area (TPSA) is 66.8 Å². The van der Waals surface area contributed by atoms with Crippen molar-refractivity contribution in [2.45, 2.75) is 19.3 Å². The van der Waals surface area contributed by atoms with E-state index in [0.29, 0.717) is 0 Å². The molecule has 6 heteroatoms. The Hall–Kier alpha value is 0.0700. The van der Waals surface area contributed by atoms with Crippen molar-refractivity contribution in [1.82, 2.24) is 0 Å². The predicted octanol–water partition coefficient (Wildman–Crippen LogP) is 0.684. The smallest absolute Gasteiger partial charge is 0.303 e. The van der Waals surface area contributed by atoms with Gasteiger partial charge in [0.2, 0.25) is 0 Å². The van der Waals surface area contributed by atoms with Crippen molar-refractivity contribution >= 4 is 7.82 Å². The molecule has 0 spiro atoms. The summed E-state index contributed by atoms with van der Waals surface area (Å²) < 4.78 is 16.0. The van der Waals surface area contributed by atoms with Crippen LogP contribution in [0.1, 0.15) is 19.3 Å². The van der Waals surface area contributed by atoms with Gasteiger partial charge in [-0.05, 0) is 25.2 Å². The standard InChI is InChI=1S/C8H16NO4P/c10-14(11,12)13-7-9-4-1-8(2-5-9)3-6-9/h8H,1-7H2,(H-,10,11,12)/p+1. The number of quaternary nitrogens is 1. The van der Waals surface area contributed by atoms with Crippen molar-refractivity contribution in [3.05, 3.63) is 0 Å². The molecule has 2 bridgehead atoms. The number of phosphoric acid groups is 1. The van der Waals surface area contributed by atoms with Crippen LogP contribution in [0.2, 0.25) is 0 Å². The largest absolute Gasteiger partial charge is 0.474 e. The lowest BCUT2D eigenvalue weighted by atomic mass is 9.86. The van der Waals surface area contributed by atoms with Gasteiger partial charge < -0.3 is 14.3 Å². The molecule has 0 aromatic carbocycles. The highest BCUT2D eigenvalue weighted by Crippen LogP contribution is 2.40. The summed E-state index contributed by atoms with van der Waals surface area (Å²) >= 11 is 0. The number of phosphoric ester groups is 1. The zero-order valence-electron chi connectivity index (χ0n) is 8.13. The van der Waals surface area contributed by atoms with Crippen LogP contribution in [0.25, 0.3) is 0 Å². The van der Waals surface area contributed by atoms with Gasteiger partial charge in [0.1, 0.15) is 0 Å². The van der Waals surface area contributed by atoms with Crippen molar-refractivity contribution in [2.75, 3.05) is 26.4 Å². The van der Waals surface area contributed by atoms with Crippen molar-refractivity contribution in [2.24, 2.45) is 5.92 Å². The fraction of sp³-hybridized carbons (Fsp3) is 1.00. The Balaban J connectivity index is 1.92. The second-order valence-electron chi connectivity index (χ2n) is 4.49. The van der Waals surface area contributed by atoms with Crippen molar-refractivity contribution in [1.29, 1.82) is 0 Å². The summed E-state index contributed by atoms with van der Waals surface area (Å²) in [4.78, 5) is 17.3. The van der Waals surface area contributed by atoms with Crippen LogP contribution in [0.3, 0.4) is 0 Å². The number of piperidine rings is 3. The summed E-state index contributed by atoms with van der Waals surface area (Å²) in [6, 6.07) is 0. The highest BCUT2D eigenvalue weighted by Gasteiger charge is 2.40. The third-order valence-corrected chi connectivity index (χ3v) is 3.99. The minimum atomic E-state index is -4.29. The molecule has 3 aliphatic heterocycles. The van der Waals surface area contributed by atoms with E-state index in [1.54, 1.807) is 0 Å². The van der Waals surface area contributed by atoms with E-state index < -0.39 is 7.82 Å². The van der Waals surface area contributed by atoms with E-state index in [4.69, 9.17) is 9.79 Å². The zero-order chi connectivity index (χ0) is 10.2. The van der Waals surface area contributed by atoms with Crippen LogP contribution in [0.5, 0.6) is 0 Å². The number of rotatable bonds is 3. The lowest BCUT2D eigenvalue weighted by Crippen LogP contribution is -2.58. The summed E-state index contributed by atoms with van der Waals surface area (Å²) in [5, 5.41) is 0. The molecule has 0 atom stereocenters. The molecule has 3 saturated heterocycles. The number of hydrogen-bond donors (Lipinski definition) is 2. The molecule has 14 heavy (non-hydrogen) atoms. The van der Waals surface area contributed by atoms with Gasteiger partial charge in [-0.1, -0.05) is 0 Å². The quantitative estimate of drug-likeness (QED) is 0.544.